The number of nitrogens with zero attached hydrogens (tertiary/aromatic N) is 1. The van der Waals surface area contributed by atoms with Crippen molar-refractivity contribution in [3.05, 3.63) is 95.6 Å². The van der Waals surface area contributed by atoms with E-state index in [1.165, 1.54) is 18.2 Å². The second-order valence-corrected chi connectivity index (χ2v) is 6.64. The van der Waals surface area contributed by atoms with Crippen molar-refractivity contribution in [2.45, 2.75) is 0 Å². The van der Waals surface area contributed by atoms with Gasteiger partial charge in [-0.1, -0.05) is 42.5 Å². The standard InChI is InChI=1S/C24H18N2O5/c1-30-21-15-16(12-13-20(21)31-24(29)17-8-4-2-5-9-17)14-19-22(27)25-26(23(19)28)18-10-6-3-7-11-18/h2-15H,1H3,(H,25,27). The molecule has 0 spiro atoms. The number of hydrogen-bond donors (Lipinski definition) is 1. The van der Waals surface area contributed by atoms with Crippen molar-refractivity contribution in [3.8, 4) is 11.5 Å². The lowest BCUT2D eigenvalue weighted by Crippen LogP contribution is -2.35. The van der Waals surface area contributed by atoms with Crippen LogP contribution in [0.2, 0.25) is 0 Å². The summed E-state index contributed by atoms with van der Waals surface area (Å²) in [6, 6.07) is 22.2. The number of rotatable bonds is 5. The van der Waals surface area contributed by atoms with Gasteiger partial charge in [0.1, 0.15) is 5.57 Å². The number of para-hydroxylation sites is 1. The molecule has 1 N–H and O–H groups in total. The largest absolute Gasteiger partial charge is 0.493 e. The summed E-state index contributed by atoms with van der Waals surface area (Å²) in [6.07, 6.45) is 1.46. The Morgan fingerprint density at radius 3 is 2.26 bits per heavy atom. The van der Waals surface area contributed by atoms with Gasteiger partial charge in [-0.3, -0.25) is 15.0 Å². The number of amides is 2. The Morgan fingerprint density at radius 1 is 0.903 bits per heavy atom. The minimum atomic E-state index is -0.520. The van der Waals surface area contributed by atoms with E-state index < -0.39 is 17.8 Å². The van der Waals surface area contributed by atoms with Crippen LogP contribution in [0.5, 0.6) is 11.5 Å². The molecule has 2 amide bonds. The van der Waals surface area contributed by atoms with Gasteiger partial charge in [-0.05, 0) is 48.0 Å². The molecule has 0 saturated carbocycles. The van der Waals surface area contributed by atoms with Gasteiger partial charge in [0.2, 0.25) is 0 Å². The van der Waals surface area contributed by atoms with Crippen LogP contribution >= 0.6 is 0 Å². The third kappa shape index (κ3) is 4.16. The lowest BCUT2D eigenvalue weighted by molar-refractivity contribution is -0.117. The minimum absolute atomic E-state index is 0.0139. The molecule has 7 heteroatoms. The number of anilines is 1. The van der Waals surface area contributed by atoms with Crippen LogP contribution in [-0.2, 0) is 9.59 Å². The fourth-order valence-corrected chi connectivity index (χ4v) is 3.07. The summed E-state index contributed by atoms with van der Waals surface area (Å²) in [7, 11) is 1.44. The van der Waals surface area contributed by atoms with Crippen molar-refractivity contribution < 1.29 is 23.9 Å². The zero-order valence-electron chi connectivity index (χ0n) is 16.6. The number of carbonyl (C=O) groups is 3. The SMILES string of the molecule is COc1cc(C=C2C(=O)NN(c3ccccc3)C2=O)ccc1OC(=O)c1ccccc1. The summed E-state index contributed by atoms with van der Waals surface area (Å²) in [4.78, 5) is 37.4. The van der Waals surface area contributed by atoms with Crippen LogP contribution in [0.15, 0.2) is 84.4 Å². The molecule has 0 atom stereocenters. The maximum Gasteiger partial charge on any atom is 0.343 e. The molecule has 1 heterocycles. The van der Waals surface area contributed by atoms with Crippen molar-refractivity contribution in [1.82, 2.24) is 5.43 Å². The quantitative estimate of drug-likeness (QED) is 0.299. The van der Waals surface area contributed by atoms with E-state index in [-0.39, 0.29) is 11.3 Å². The number of benzene rings is 3. The van der Waals surface area contributed by atoms with Gasteiger partial charge in [-0.25, -0.2) is 9.80 Å². The van der Waals surface area contributed by atoms with Crippen LogP contribution < -0.4 is 19.9 Å². The molecule has 3 aromatic rings. The summed E-state index contributed by atoms with van der Waals surface area (Å²) in [5, 5.41) is 1.20. The third-order valence-electron chi connectivity index (χ3n) is 4.62. The Kier molecular flexibility index (Phi) is 5.49. The van der Waals surface area contributed by atoms with Crippen LogP contribution in [-0.4, -0.2) is 24.9 Å². The van der Waals surface area contributed by atoms with Gasteiger partial charge in [0.15, 0.2) is 11.5 Å². The van der Waals surface area contributed by atoms with Gasteiger partial charge in [0.25, 0.3) is 11.8 Å². The van der Waals surface area contributed by atoms with Crippen molar-refractivity contribution in [1.29, 1.82) is 0 Å². The number of hydrogen-bond acceptors (Lipinski definition) is 5. The predicted octanol–water partition coefficient (Wildman–Crippen LogP) is 3.38. The minimum Gasteiger partial charge on any atom is -0.493 e. The Morgan fingerprint density at radius 2 is 1.58 bits per heavy atom. The normalized spacial score (nSPS) is 14.5. The Labute approximate surface area is 178 Å². The Balaban J connectivity index is 1.58. The second-order valence-electron chi connectivity index (χ2n) is 6.64. The first kappa shape index (κ1) is 19.9. The number of carbonyl (C=O) groups excluding carboxylic acids is 3. The van der Waals surface area contributed by atoms with E-state index in [0.717, 1.165) is 0 Å². The molecular formula is C24H18N2O5. The summed E-state index contributed by atoms with van der Waals surface area (Å²) in [5.41, 5.74) is 4.05. The average molecular weight is 414 g/mol. The van der Waals surface area contributed by atoms with Crippen LogP contribution in [0.1, 0.15) is 15.9 Å². The Bertz CT molecular complexity index is 1170. The highest BCUT2D eigenvalue weighted by Gasteiger charge is 2.34. The van der Waals surface area contributed by atoms with Crippen LogP contribution in [0, 0.1) is 0 Å². The van der Waals surface area contributed by atoms with Crippen LogP contribution in [0.3, 0.4) is 0 Å². The molecule has 31 heavy (non-hydrogen) atoms. The summed E-state index contributed by atoms with van der Waals surface area (Å²) in [5.74, 6) is -0.966. The number of methoxy groups -OCH3 is 1. The molecule has 154 valence electrons. The number of ether oxygens (including phenoxy) is 2. The van der Waals surface area contributed by atoms with Gasteiger partial charge in [-0.15, -0.1) is 0 Å². The van der Waals surface area contributed by atoms with Crippen LogP contribution in [0.4, 0.5) is 5.69 Å². The first-order valence-corrected chi connectivity index (χ1v) is 9.44. The van der Waals surface area contributed by atoms with Crippen molar-refractivity contribution in [3.63, 3.8) is 0 Å². The zero-order valence-corrected chi connectivity index (χ0v) is 16.6. The highest BCUT2D eigenvalue weighted by Crippen LogP contribution is 2.30. The van der Waals surface area contributed by atoms with E-state index in [0.29, 0.717) is 22.6 Å². The third-order valence-corrected chi connectivity index (χ3v) is 4.62. The molecule has 1 aliphatic rings. The fourth-order valence-electron chi connectivity index (χ4n) is 3.07. The molecule has 1 saturated heterocycles. The smallest absolute Gasteiger partial charge is 0.343 e. The molecule has 7 nitrogen and oxygen atoms in total. The molecular weight excluding hydrogens is 396 g/mol. The summed E-state index contributed by atoms with van der Waals surface area (Å²) in [6.45, 7) is 0. The van der Waals surface area contributed by atoms with E-state index in [1.54, 1.807) is 72.8 Å². The average Bonchev–Trinajstić information content (AvgIpc) is 3.09. The number of esters is 1. The van der Waals surface area contributed by atoms with E-state index in [9.17, 15) is 14.4 Å². The van der Waals surface area contributed by atoms with Gasteiger partial charge < -0.3 is 9.47 Å². The highest BCUT2D eigenvalue weighted by atomic mass is 16.6. The molecule has 0 unspecified atom stereocenters. The Hall–Kier alpha value is -4.39. The van der Waals surface area contributed by atoms with Gasteiger partial charge in [-0.2, -0.15) is 0 Å². The molecule has 3 aromatic carbocycles. The van der Waals surface area contributed by atoms with Gasteiger partial charge in [0, 0.05) is 0 Å². The summed E-state index contributed by atoms with van der Waals surface area (Å²) >= 11 is 0. The predicted molar refractivity (Wildman–Crippen MR) is 114 cm³/mol. The maximum atomic E-state index is 12.7. The maximum absolute atomic E-state index is 12.7. The number of nitrogens with one attached hydrogen (secondary N) is 1. The molecule has 1 fully saturated rings. The van der Waals surface area contributed by atoms with Crippen molar-refractivity contribution >= 4 is 29.5 Å². The monoisotopic (exact) mass is 414 g/mol. The lowest BCUT2D eigenvalue weighted by atomic mass is 10.1. The number of hydrazine groups is 1. The van der Waals surface area contributed by atoms with E-state index in [2.05, 4.69) is 5.43 Å². The second kappa shape index (κ2) is 8.54. The van der Waals surface area contributed by atoms with Crippen molar-refractivity contribution in [2.75, 3.05) is 12.1 Å². The first-order valence-electron chi connectivity index (χ1n) is 9.44. The van der Waals surface area contributed by atoms with Crippen molar-refractivity contribution in [2.24, 2.45) is 0 Å². The molecule has 0 radical (unpaired) electrons. The molecule has 0 aromatic heterocycles. The van der Waals surface area contributed by atoms with E-state index in [1.807, 2.05) is 6.07 Å². The topological polar surface area (TPSA) is 84.9 Å². The highest BCUT2D eigenvalue weighted by molar-refractivity contribution is 6.31. The molecule has 0 aliphatic carbocycles. The van der Waals surface area contributed by atoms with Gasteiger partial charge in [0.05, 0.1) is 18.4 Å². The van der Waals surface area contributed by atoms with E-state index in [4.69, 9.17) is 9.47 Å². The molecule has 1 aliphatic heterocycles. The van der Waals surface area contributed by atoms with Gasteiger partial charge >= 0.3 is 5.97 Å². The van der Waals surface area contributed by atoms with Crippen LogP contribution in [0.25, 0.3) is 6.08 Å². The molecule has 4 rings (SSSR count). The first-order chi connectivity index (χ1) is 15.1. The van der Waals surface area contributed by atoms with E-state index >= 15 is 0 Å². The lowest BCUT2D eigenvalue weighted by Gasteiger charge is -2.13. The molecule has 0 bridgehead atoms. The summed E-state index contributed by atoms with van der Waals surface area (Å²) < 4.78 is 10.8. The zero-order chi connectivity index (χ0) is 21.8. The fraction of sp³-hybridized carbons (Fsp3) is 0.0417.